The number of rotatable bonds is 9. The van der Waals surface area contributed by atoms with Crippen LogP contribution in [-0.2, 0) is 11.3 Å². The number of carbonyl (C=O) groups is 2. The van der Waals surface area contributed by atoms with Gasteiger partial charge in [0.05, 0.1) is 24.3 Å². The van der Waals surface area contributed by atoms with Crippen LogP contribution in [0, 0.1) is 12.7 Å². The van der Waals surface area contributed by atoms with E-state index in [1.807, 2.05) is 25.3 Å². The molecule has 0 aliphatic carbocycles. The Balaban J connectivity index is 1.51. The van der Waals surface area contributed by atoms with Crippen molar-refractivity contribution in [3.05, 3.63) is 106 Å². The third-order valence-electron chi connectivity index (χ3n) is 8.92. The van der Waals surface area contributed by atoms with Gasteiger partial charge < -0.3 is 25.0 Å². The van der Waals surface area contributed by atoms with Gasteiger partial charge in [0.25, 0.3) is 11.5 Å². The molecule has 2 amide bonds. The fraction of sp³-hybridized carbons (Fsp3) is 0.297. The Morgan fingerprint density at radius 1 is 1.02 bits per heavy atom. The van der Waals surface area contributed by atoms with Gasteiger partial charge in [-0.15, -0.1) is 0 Å². The lowest BCUT2D eigenvalue weighted by atomic mass is 10.1. The molecule has 1 aliphatic rings. The van der Waals surface area contributed by atoms with Crippen LogP contribution < -0.4 is 21.1 Å². The molecule has 48 heavy (non-hydrogen) atoms. The topological polar surface area (TPSA) is 104 Å². The predicted octanol–water partition coefficient (Wildman–Crippen LogP) is 5.20. The van der Waals surface area contributed by atoms with Gasteiger partial charge in [-0.25, -0.2) is 9.37 Å². The Morgan fingerprint density at radius 3 is 2.50 bits per heavy atom. The summed E-state index contributed by atoms with van der Waals surface area (Å²) in [6.45, 7) is 5.65. The maximum atomic E-state index is 14.2. The first kappa shape index (κ1) is 32.6. The summed E-state index contributed by atoms with van der Waals surface area (Å²) in [5.74, 6) is -0.465. The summed E-state index contributed by atoms with van der Waals surface area (Å²) in [6, 6.07) is 17.5. The fourth-order valence-corrected chi connectivity index (χ4v) is 6.18. The summed E-state index contributed by atoms with van der Waals surface area (Å²) in [5, 5.41) is 6.45. The average molecular weight is 650 g/mol. The van der Waals surface area contributed by atoms with Gasteiger partial charge in [0, 0.05) is 61.3 Å². The lowest BCUT2D eigenvalue weighted by molar-refractivity contribution is -0.117. The third kappa shape index (κ3) is 6.46. The van der Waals surface area contributed by atoms with E-state index in [4.69, 9.17) is 0 Å². The molecule has 0 radical (unpaired) electrons. The maximum Gasteiger partial charge on any atom is 0.277 e. The molecule has 1 fully saturated rings. The van der Waals surface area contributed by atoms with E-state index in [2.05, 4.69) is 37.2 Å². The normalized spacial score (nSPS) is 13.6. The summed E-state index contributed by atoms with van der Waals surface area (Å²) >= 11 is 0. The highest BCUT2D eigenvalue weighted by Gasteiger charge is 2.21. The maximum absolute atomic E-state index is 14.2. The summed E-state index contributed by atoms with van der Waals surface area (Å²) in [5.41, 5.74) is 5.25. The molecule has 0 saturated carbocycles. The summed E-state index contributed by atoms with van der Waals surface area (Å²) in [4.78, 5) is 48.4. The number of benzene rings is 3. The number of nitrogens with one attached hydrogen (secondary N) is 2. The zero-order valence-electron chi connectivity index (χ0n) is 27.9. The lowest BCUT2D eigenvalue weighted by Gasteiger charge is -2.22. The second-order valence-corrected chi connectivity index (χ2v) is 12.6. The molecule has 6 rings (SSSR count). The van der Waals surface area contributed by atoms with Gasteiger partial charge in [0.15, 0.2) is 0 Å². The van der Waals surface area contributed by atoms with Crippen molar-refractivity contribution in [1.29, 1.82) is 0 Å². The van der Waals surface area contributed by atoms with Crippen LogP contribution in [-0.4, -0.2) is 71.1 Å². The smallest absolute Gasteiger partial charge is 0.277 e. The number of aryl methyl sites for hydroxylation is 1. The second kappa shape index (κ2) is 13.4. The van der Waals surface area contributed by atoms with Crippen LogP contribution in [0.3, 0.4) is 0 Å². The quantitative estimate of drug-likeness (QED) is 0.228. The van der Waals surface area contributed by atoms with Crippen molar-refractivity contribution >= 4 is 34.1 Å². The van der Waals surface area contributed by atoms with Crippen molar-refractivity contribution in [2.75, 3.05) is 44.4 Å². The average Bonchev–Trinajstić information content (AvgIpc) is 3.74. The van der Waals surface area contributed by atoms with Gasteiger partial charge in [-0.2, -0.15) is 0 Å². The highest BCUT2D eigenvalue weighted by atomic mass is 19.1. The second-order valence-electron chi connectivity index (χ2n) is 12.6. The van der Waals surface area contributed by atoms with Crippen LogP contribution in [0.15, 0.2) is 77.9 Å². The first-order chi connectivity index (χ1) is 23.0. The van der Waals surface area contributed by atoms with Gasteiger partial charge in [0.1, 0.15) is 17.3 Å². The zero-order valence-corrected chi connectivity index (χ0v) is 27.9. The van der Waals surface area contributed by atoms with Gasteiger partial charge in [-0.1, -0.05) is 12.1 Å². The van der Waals surface area contributed by atoms with Gasteiger partial charge >= 0.3 is 0 Å². The van der Waals surface area contributed by atoms with Crippen molar-refractivity contribution in [3.63, 3.8) is 0 Å². The zero-order chi connectivity index (χ0) is 34.1. The number of likely N-dealkylation sites (N-methyl/N-ethyl adjacent to an activating group) is 1. The molecule has 1 atom stereocenters. The van der Waals surface area contributed by atoms with Gasteiger partial charge in [0.2, 0.25) is 5.91 Å². The molecule has 2 N–H and O–H groups in total. The molecular weight excluding hydrogens is 609 g/mol. The van der Waals surface area contributed by atoms with Crippen molar-refractivity contribution in [2.24, 2.45) is 0 Å². The van der Waals surface area contributed by atoms with Crippen molar-refractivity contribution < 1.29 is 14.0 Å². The number of halogens is 1. The van der Waals surface area contributed by atoms with Crippen molar-refractivity contribution in [1.82, 2.24) is 24.3 Å². The predicted molar refractivity (Wildman–Crippen MR) is 188 cm³/mol. The summed E-state index contributed by atoms with van der Waals surface area (Å²) in [6.07, 6.45) is 5.55. The molecule has 0 spiro atoms. The van der Waals surface area contributed by atoms with Crippen LogP contribution in [0.1, 0.15) is 41.3 Å². The van der Waals surface area contributed by atoms with Crippen LogP contribution >= 0.6 is 0 Å². The van der Waals surface area contributed by atoms with Crippen molar-refractivity contribution in [2.45, 2.75) is 39.3 Å². The molecule has 1 aliphatic heterocycles. The Kier molecular flexibility index (Phi) is 9.14. The van der Waals surface area contributed by atoms with Gasteiger partial charge in [-0.3, -0.25) is 19.0 Å². The van der Waals surface area contributed by atoms with E-state index in [9.17, 15) is 18.8 Å². The monoisotopic (exact) mass is 649 g/mol. The fourth-order valence-electron chi connectivity index (χ4n) is 6.18. The van der Waals surface area contributed by atoms with Crippen LogP contribution in [0.2, 0.25) is 0 Å². The number of carbonyl (C=O) groups excluding carboxylic acids is 2. The summed E-state index contributed by atoms with van der Waals surface area (Å²) in [7, 11) is 5.04. The molecular formula is C37H40FN7O3. The molecule has 0 unspecified atom stereocenters. The minimum atomic E-state index is -0.528. The standard InChI is InChI=1S/C37H40FN7O3/c1-23-21-44(33-12-11-28(38)18-31(23)33)30-16-25(15-29(19-30)43-13-6-7-14-43)22-45-34(26-9-8-10-27(17-26)36(47)42(4)5)40-20-32(37(45)48)41-35(46)24(2)39-3/h8-12,15-21,24,39H,6-7,13-14,22H2,1-5H3,(H,41,46)/t24-/m0/s1. The lowest BCUT2D eigenvalue weighted by Crippen LogP contribution is -2.38. The van der Waals surface area contributed by atoms with Crippen molar-refractivity contribution in [3.8, 4) is 17.1 Å². The third-order valence-corrected chi connectivity index (χ3v) is 8.92. The first-order valence-corrected chi connectivity index (χ1v) is 16.1. The molecule has 2 aromatic heterocycles. The minimum Gasteiger partial charge on any atom is -0.371 e. The number of aromatic nitrogens is 3. The Morgan fingerprint density at radius 2 is 1.77 bits per heavy atom. The van der Waals surface area contributed by atoms with E-state index in [0.29, 0.717) is 17.0 Å². The van der Waals surface area contributed by atoms with E-state index in [1.165, 1.54) is 17.2 Å². The summed E-state index contributed by atoms with van der Waals surface area (Å²) < 4.78 is 17.8. The Bertz CT molecular complexity index is 2080. The molecule has 11 heteroatoms. The highest BCUT2D eigenvalue weighted by molar-refractivity contribution is 5.95. The van der Waals surface area contributed by atoms with Gasteiger partial charge in [-0.05, 0) is 93.4 Å². The molecule has 1 saturated heterocycles. The molecule has 3 aromatic carbocycles. The van der Waals surface area contributed by atoms with Crippen LogP contribution in [0.5, 0.6) is 0 Å². The number of amides is 2. The van der Waals surface area contributed by atoms with Crippen LogP contribution in [0.25, 0.3) is 28.0 Å². The molecule has 3 heterocycles. The van der Waals surface area contributed by atoms with E-state index in [1.54, 1.807) is 63.0 Å². The molecule has 0 bridgehead atoms. The van der Waals surface area contributed by atoms with E-state index < -0.39 is 11.6 Å². The number of nitrogens with zero attached hydrogens (tertiary/aromatic N) is 5. The molecule has 10 nitrogen and oxygen atoms in total. The number of hydrogen-bond acceptors (Lipinski definition) is 6. The largest absolute Gasteiger partial charge is 0.371 e. The van der Waals surface area contributed by atoms with E-state index in [0.717, 1.165) is 59.3 Å². The van der Waals surface area contributed by atoms with E-state index >= 15 is 0 Å². The minimum absolute atomic E-state index is 0.0522. The SMILES string of the molecule is CN[C@@H](C)C(=O)Nc1cnc(-c2cccc(C(=O)N(C)C)c2)n(Cc2cc(N3CCCC3)cc(-n3cc(C)c4cc(F)ccc43)c2)c1=O. The molecule has 248 valence electrons. The first-order valence-electron chi connectivity index (χ1n) is 16.1. The number of fused-ring (bicyclic) bond motifs is 1. The van der Waals surface area contributed by atoms with E-state index in [-0.39, 0.29) is 29.9 Å². The van der Waals surface area contributed by atoms with Crippen LogP contribution in [0.4, 0.5) is 15.8 Å². The highest BCUT2D eigenvalue weighted by Crippen LogP contribution is 2.31. The number of hydrogen-bond donors (Lipinski definition) is 2. The number of anilines is 2. The Hall–Kier alpha value is -5.29. The Labute approximate surface area is 278 Å². The molecule has 5 aromatic rings.